The van der Waals surface area contributed by atoms with Gasteiger partial charge >= 0.3 is 0 Å². The van der Waals surface area contributed by atoms with Crippen LogP contribution in [0.25, 0.3) is 11.4 Å². The monoisotopic (exact) mass is 397 g/mol. The maximum Gasteiger partial charge on any atom is 0.257 e. The van der Waals surface area contributed by atoms with Crippen LogP contribution in [0, 0.1) is 5.92 Å². The highest BCUT2D eigenvalue weighted by molar-refractivity contribution is 7.08. The third-order valence-electron chi connectivity index (χ3n) is 4.93. The second-order valence-electron chi connectivity index (χ2n) is 6.92. The van der Waals surface area contributed by atoms with E-state index in [0.717, 1.165) is 24.9 Å². The summed E-state index contributed by atoms with van der Waals surface area (Å²) in [4.78, 5) is 19.5. The molecule has 28 heavy (non-hydrogen) atoms. The molecule has 1 aliphatic heterocycles. The van der Waals surface area contributed by atoms with Crippen LogP contribution in [-0.4, -0.2) is 40.6 Å². The molecule has 1 atom stereocenters. The van der Waals surface area contributed by atoms with E-state index in [4.69, 9.17) is 9.26 Å². The molecular formula is C21H23N3O3S. The maximum atomic E-state index is 13.0. The highest BCUT2D eigenvalue weighted by Crippen LogP contribution is 2.26. The van der Waals surface area contributed by atoms with Gasteiger partial charge in [0.15, 0.2) is 0 Å². The standard InChI is InChI=1S/C21H23N3O3S/c1-2-26-18-8-4-3-7-17(18)21(25)24-10-5-6-15(13-24)12-19-22-20(23-27-19)16-9-11-28-14-16/h3-4,7-9,11,14-15H,2,5-6,10,12-13H2,1H3/t15-/m0/s1. The van der Waals surface area contributed by atoms with Crippen LogP contribution in [0.2, 0.25) is 0 Å². The molecule has 4 rings (SSSR count). The smallest absolute Gasteiger partial charge is 0.257 e. The number of aromatic nitrogens is 2. The molecule has 0 saturated carbocycles. The first kappa shape index (κ1) is 18.7. The fourth-order valence-corrected chi connectivity index (χ4v) is 4.24. The fourth-order valence-electron chi connectivity index (χ4n) is 3.60. The van der Waals surface area contributed by atoms with Crippen LogP contribution in [0.4, 0.5) is 0 Å². The van der Waals surface area contributed by atoms with Gasteiger partial charge in [-0.3, -0.25) is 4.79 Å². The van der Waals surface area contributed by atoms with E-state index in [1.54, 1.807) is 11.3 Å². The Morgan fingerprint density at radius 2 is 2.25 bits per heavy atom. The van der Waals surface area contributed by atoms with Crippen molar-refractivity contribution in [2.45, 2.75) is 26.2 Å². The molecule has 3 heterocycles. The first-order chi connectivity index (χ1) is 13.7. The van der Waals surface area contributed by atoms with Crippen molar-refractivity contribution in [3.05, 3.63) is 52.5 Å². The molecule has 0 N–H and O–H groups in total. The highest BCUT2D eigenvalue weighted by Gasteiger charge is 2.27. The summed E-state index contributed by atoms with van der Waals surface area (Å²) in [5.74, 6) is 2.25. The number of hydrogen-bond acceptors (Lipinski definition) is 6. The zero-order chi connectivity index (χ0) is 19.3. The van der Waals surface area contributed by atoms with Crippen molar-refractivity contribution in [3.63, 3.8) is 0 Å². The number of piperidine rings is 1. The molecule has 1 aromatic carbocycles. The number of ether oxygens (including phenoxy) is 1. The van der Waals surface area contributed by atoms with Gasteiger partial charge in [-0.1, -0.05) is 17.3 Å². The molecule has 1 aliphatic rings. The van der Waals surface area contributed by atoms with Crippen molar-refractivity contribution in [3.8, 4) is 17.1 Å². The van der Waals surface area contributed by atoms with Gasteiger partial charge in [-0.25, -0.2) is 0 Å². The number of amides is 1. The Labute approximate surface area is 168 Å². The Morgan fingerprint density at radius 1 is 1.36 bits per heavy atom. The highest BCUT2D eigenvalue weighted by atomic mass is 32.1. The van der Waals surface area contributed by atoms with Crippen molar-refractivity contribution in [1.82, 2.24) is 15.0 Å². The molecular weight excluding hydrogens is 374 g/mol. The van der Waals surface area contributed by atoms with Crippen molar-refractivity contribution in [2.75, 3.05) is 19.7 Å². The Hall–Kier alpha value is -2.67. The van der Waals surface area contributed by atoms with E-state index in [1.807, 2.05) is 52.9 Å². The van der Waals surface area contributed by atoms with Gasteiger partial charge in [0.25, 0.3) is 5.91 Å². The number of benzene rings is 1. The van der Waals surface area contributed by atoms with Crippen LogP contribution < -0.4 is 4.74 Å². The number of carbonyl (C=O) groups is 1. The second-order valence-corrected chi connectivity index (χ2v) is 7.70. The van der Waals surface area contributed by atoms with Crippen LogP contribution in [0.3, 0.4) is 0 Å². The third-order valence-corrected chi connectivity index (χ3v) is 5.62. The van der Waals surface area contributed by atoms with Gasteiger partial charge in [0.05, 0.1) is 12.2 Å². The molecule has 0 unspecified atom stereocenters. The largest absolute Gasteiger partial charge is 0.493 e. The third kappa shape index (κ3) is 4.09. The van der Waals surface area contributed by atoms with Crippen LogP contribution in [-0.2, 0) is 6.42 Å². The quantitative estimate of drug-likeness (QED) is 0.621. The molecule has 7 heteroatoms. The van der Waals surface area contributed by atoms with E-state index >= 15 is 0 Å². The molecule has 1 saturated heterocycles. The lowest BCUT2D eigenvalue weighted by Crippen LogP contribution is -2.40. The van der Waals surface area contributed by atoms with E-state index in [9.17, 15) is 4.79 Å². The summed E-state index contributed by atoms with van der Waals surface area (Å²) < 4.78 is 11.1. The summed E-state index contributed by atoms with van der Waals surface area (Å²) in [5.41, 5.74) is 1.61. The number of likely N-dealkylation sites (tertiary alicyclic amines) is 1. The van der Waals surface area contributed by atoms with Crippen molar-refractivity contribution >= 4 is 17.2 Å². The molecule has 6 nitrogen and oxygen atoms in total. The molecule has 146 valence electrons. The average molecular weight is 398 g/mol. The zero-order valence-electron chi connectivity index (χ0n) is 15.8. The molecule has 2 aromatic heterocycles. The Kier molecular flexibility index (Phi) is 5.71. The van der Waals surface area contributed by atoms with Crippen LogP contribution >= 0.6 is 11.3 Å². The summed E-state index contributed by atoms with van der Waals surface area (Å²) in [6.07, 6.45) is 2.71. The molecule has 3 aromatic rings. The van der Waals surface area contributed by atoms with Crippen LogP contribution in [0.5, 0.6) is 5.75 Å². The minimum Gasteiger partial charge on any atom is -0.493 e. The van der Waals surface area contributed by atoms with Crippen LogP contribution in [0.15, 0.2) is 45.6 Å². The van der Waals surface area contributed by atoms with Crippen molar-refractivity contribution in [2.24, 2.45) is 5.92 Å². The Balaban J connectivity index is 1.43. The van der Waals surface area contributed by atoms with Gasteiger partial charge in [-0.05, 0) is 49.3 Å². The van der Waals surface area contributed by atoms with E-state index < -0.39 is 0 Å². The molecule has 0 radical (unpaired) electrons. The average Bonchev–Trinajstić information content (AvgIpc) is 3.40. The van der Waals surface area contributed by atoms with Crippen molar-refractivity contribution < 1.29 is 14.1 Å². The van der Waals surface area contributed by atoms with Gasteiger partial charge in [0.2, 0.25) is 11.7 Å². The Morgan fingerprint density at radius 3 is 3.07 bits per heavy atom. The minimum atomic E-state index is 0.0261. The number of hydrogen-bond donors (Lipinski definition) is 0. The second kappa shape index (κ2) is 8.56. The zero-order valence-corrected chi connectivity index (χ0v) is 16.7. The predicted molar refractivity (Wildman–Crippen MR) is 108 cm³/mol. The number of nitrogens with zero attached hydrogens (tertiary/aromatic N) is 3. The summed E-state index contributed by atoms with van der Waals surface area (Å²) in [5, 5.41) is 8.08. The van der Waals surface area contributed by atoms with Gasteiger partial charge in [-0.2, -0.15) is 16.3 Å². The lowest BCUT2D eigenvalue weighted by molar-refractivity contribution is 0.0664. The molecule has 1 fully saturated rings. The maximum absolute atomic E-state index is 13.0. The fraction of sp³-hybridized carbons (Fsp3) is 0.381. The number of thiophene rings is 1. The number of rotatable bonds is 6. The lowest BCUT2D eigenvalue weighted by Gasteiger charge is -2.32. The molecule has 0 aliphatic carbocycles. The van der Waals surface area contributed by atoms with Crippen LogP contribution in [0.1, 0.15) is 36.0 Å². The number of carbonyl (C=O) groups excluding carboxylic acids is 1. The molecule has 1 amide bonds. The summed E-state index contributed by atoms with van der Waals surface area (Å²) in [6.45, 7) is 3.92. The van der Waals surface area contributed by atoms with E-state index in [2.05, 4.69) is 10.1 Å². The van der Waals surface area contributed by atoms with Gasteiger partial charge in [-0.15, -0.1) is 0 Å². The minimum absolute atomic E-state index is 0.0261. The molecule has 0 bridgehead atoms. The normalized spacial score (nSPS) is 16.9. The first-order valence-electron chi connectivity index (χ1n) is 9.61. The SMILES string of the molecule is CCOc1ccccc1C(=O)N1CCC[C@@H](Cc2nc(-c3ccsc3)no2)C1. The van der Waals surface area contributed by atoms with Crippen molar-refractivity contribution in [1.29, 1.82) is 0 Å². The van der Waals surface area contributed by atoms with E-state index in [1.165, 1.54) is 0 Å². The van der Waals surface area contributed by atoms with Gasteiger partial charge < -0.3 is 14.2 Å². The predicted octanol–water partition coefficient (Wildman–Crippen LogP) is 4.29. The summed E-state index contributed by atoms with van der Waals surface area (Å²) in [6, 6.07) is 9.43. The van der Waals surface area contributed by atoms with Gasteiger partial charge in [0, 0.05) is 30.5 Å². The first-order valence-corrected chi connectivity index (χ1v) is 10.5. The lowest BCUT2D eigenvalue weighted by atomic mass is 9.94. The van der Waals surface area contributed by atoms with Gasteiger partial charge in [0.1, 0.15) is 5.75 Å². The van der Waals surface area contributed by atoms with E-state index in [0.29, 0.717) is 48.5 Å². The van der Waals surface area contributed by atoms with E-state index in [-0.39, 0.29) is 5.91 Å². The summed E-state index contributed by atoms with van der Waals surface area (Å²) >= 11 is 1.61. The Bertz CT molecular complexity index is 923. The number of para-hydroxylation sites is 1. The summed E-state index contributed by atoms with van der Waals surface area (Å²) in [7, 11) is 0. The molecule has 0 spiro atoms. The topological polar surface area (TPSA) is 68.5 Å².